The number of fused-ring (bicyclic) bond motifs is 4. The summed E-state index contributed by atoms with van der Waals surface area (Å²) in [5.41, 5.74) is 5.13. The highest BCUT2D eigenvalue weighted by atomic mass is 16.6. The molecule has 0 saturated heterocycles. The molecule has 2 aromatic heterocycles. The average molecular weight is 483 g/mol. The number of carbonyl (C=O) groups is 3. The van der Waals surface area contributed by atoms with E-state index in [0.29, 0.717) is 29.7 Å². The highest BCUT2D eigenvalue weighted by molar-refractivity contribution is 6.47. The second kappa shape index (κ2) is 8.52. The summed E-state index contributed by atoms with van der Waals surface area (Å²) in [4.78, 5) is 37.8. The van der Waals surface area contributed by atoms with E-state index in [-0.39, 0.29) is 11.9 Å². The topological polar surface area (TPSA) is 79.5 Å². The quantitative estimate of drug-likeness (QED) is 0.313. The normalized spacial score (nSPS) is 18.0. The van der Waals surface area contributed by atoms with Crippen LogP contribution in [0.1, 0.15) is 36.6 Å². The SMILES string of the molecule is CC(=O)OCC1CCc2c(C3=C(c4cn(C)c5ccccc45)C(=O)OC3=O)c3ccccc3n2CC1. The van der Waals surface area contributed by atoms with Crippen LogP contribution >= 0.6 is 0 Å². The Morgan fingerprint density at radius 2 is 1.67 bits per heavy atom. The third-order valence-corrected chi connectivity index (χ3v) is 7.41. The molecule has 2 aliphatic rings. The van der Waals surface area contributed by atoms with Crippen molar-refractivity contribution in [1.29, 1.82) is 0 Å². The van der Waals surface area contributed by atoms with Crippen molar-refractivity contribution in [1.82, 2.24) is 9.13 Å². The van der Waals surface area contributed by atoms with Gasteiger partial charge in [-0.25, -0.2) is 9.59 Å². The number of para-hydroxylation sites is 2. The molecule has 2 aliphatic heterocycles. The summed E-state index contributed by atoms with van der Waals surface area (Å²) in [5.74, 6) is -1.27. The summed E-state index contributed by atoms with van der Waals surface area (Å²) in [5, 5.41) is 1.83. The first-order valence-corrected chi connectivity index (χ1v) is 12.2. The molecule has 6 rings (SSSR count). The first-order chi connectivity index (χ1) is 17.4. The van der Waals surface area contributed by atoms with Gasteiger partial charge in [-0.05, 0) is 37.3 Å². The van der Waals surface area contributed by atoms with Gasteiger partial charge >= 0.3 is 17.9 Å². The minimum absolute atomic E-state index is 0.226. The van der Waals surface area contributed by atoms with Crippen molar-refractivity contribution in [3.05, 3.63) is 71.5 Å². The average Bonchev–Trinajstić information content (AvgIpc) is 3.39. The molecule has 36 heavy (non-hydrogen) atoms. The van der Waals surface area contributed by atoms with Gasteiger partial charge in [-0.3, -0.25) is 4.79 Å². The lowest BCUT2D eigenvalue weighted by molar-refractivity contribution is -0.149. The lowest BCUT2D eigenvalue weighted by Crippen LogP contribution is -2.13. The molecule has 0 saturated carbocycles. The van der Waals surface area contributed by atoms with Crippen molar-refractivity contribution in [3.63, 3.8) is 0 Å². The van der Waals surface area contributed by atoms with E-state index < -0.39 is 11.9 Å². The molecule has 0 spiro atoms. The van der Waals surface area contributed by atoms with Crippen molar-refractivity contribution in [2.75, 3.05) is 6.61 Å². The smallest absolute Gasteiger partial charge is 0.347 e. The number of ether oxygens (including phenoxy) is 2. The van der Waals surface area contributed by atoms with Gasteiger partial charge in [0, 0.05) is 65.3 Å². The Morgan fingerprint density at radius 3 is 2.44 bits per heavy atom. The van der Waals surface area contributed by atoms with Crippen LogP contribution in [0.3, 0.4) is 0 Å². The van der Waals surface area contributed by atoms with E-state index in [0.717, 1.165) is 52.4 Å². The Kier molecular flexibility index (Phi) is 5.29. The molecule has 0 aliphatic carbocycles. The van der Waals surface area contributed by atoms with E-state index >= 15 is 0 Å². The summed E-state index contributed by atoms with van der Waals surface area (Å²) >= 11 is 0. The van der Waals surface area contributed by atoms with Gasteiger partial charge in [0.05, 0.1) is 17.8 Å². The molecule has 1 unspecified atom stereocenters. The van der Waals surface area contributed by atoms with Crippen LogP contribution in [-0.2, 0) is 43.9 Å². The van der Waals surface area contributed by atoms with Gasteiger partial charge in [0.1, 0.15) is 0 Å². The van der Waals surface area contributed by atoms with E-state index in [1.807, 2.05) is 60.3 Å². The molecule has 182 valence electrons. The number of benzene rings is 2. The van der Waals surface area contributed by atoms with Gasteiger partial charge in [-0.2, -0.15) is 0 Å². The summed E-state index contributed by atoms with van der Waals surface area (Å²) < 4.78 is 14.8. The van der Waals surface area contributed by atoms with Crippen LogP contribution in [0.25, 0.3) is 33.0 Å². The van der Waals surface area contributed by atoms with Crippen LogP contribution in [0, 0.1) is 5.92 Å². The van der Waals surface area contributed by atoms with Crippen LogP contribution in [-0.4, -0.2) is 33.6 Å². The zero-order chi connectivity index (χ0) is 25.0. The molecule has 0 amide bonds. The Morgan fingerprint density at radius 1 is 0.972 bits per heavy atom. The van der Waals surface area contributed by atoms with Crippen molar-refractivity contribution < 1.29 is 23.9 Å². The number of rotatable bonds is 4. The molecular weight excluding hydrogens is 456 g/mol. The second-order valence-corrected chi connectivity index (χ2v) is 9.58. The Hall–Kier alpha value is -4.13. The molecule has 0 radical (unpaired) electrons. The fourth-order valence-electron chi connectivity index (χ4n) is 5.75. The number of carbonyl (C=O) groups excluding carboxylic acids is 3. The summed E-state index contributed by atoms with van der Waals surface area (Å²) in [6.45, 7) is 2.55. The number of esters is 3. The highest BCUT2D eigenvalue weighted by Gasteiger charge is 2.39. The molecule has 0 N–H and O–H groups in total. The van der Waals surface area contributed by atoms with Gasteiger partial charge in [0.15, 0.2) is 0 Å². The third-order valence-electron chi connectivity index (χ3n) is 7.41. The maximum Gasteiger partial charge on any atom is 0.347 e. The number of hydrogen-bond donors (Lipinski definition) is 0. The second-order valence-electron chi connectivity index (χ2n) is 9.58. The van der Waals surface area contributed by atoms with Gasteiger partial charge in [0.2, 0.25) is 0 Å². The first-order valence-electron chi connectivity index (χ1n) is 12.2. The van der Waals surface area contributed by atoms with E-state index in [4.69, 9.17) is 9.47 Å². The Balaban J connectivity index is 1.57. The summed E-state index contributed by atoms with van der Waals surface area (Å²) in [7, 11) is 1.93. The summed E-state index contributed by atoms with van der Waals surface area (Å²) in [6, 6.07) is 15.8. The van der Waals surface area contributed by atoms with E-state index in [9.17, 15) is 14.4 Å². The minimum Gasteiger partial charge on any atom is -0.466 e. The lowest BCUT2D eigenvalue weighted by atomic mass is 9.92. The largest absolute Gasteiger partial charge is 0.466 e. The van der Waals surface area contributed by atoms with Gasteiger partial charge < -0.3 is 18.6 Å². The van der Waals surface area contributed by atoms with Gasteiger partial charge in [0.25, 0.3) is 0 Å². The van der Waals surface area contributed by atoms with E-state index in [1.165, 1.54) is 6.92 Å². The minimum atomic E-state index is -0.614. The fourth-order valence-corrected chi connectivity index (χ4v) is 5.75. The van der Waals surface area contributed by atoms with Crippen molar-refractivity contribution in [3.8, 4) is 0 Å². The maximum atomic E-state index is 13.3. The standard InChI is InChI=1S/C29H26N2O5/c1-17(32)35-16-18-11-12-24-25(20-8-4-6-10-23(20)31(24)14-13-18)27-26(28(33)36-29(27)34)21-15-30(2)22-9-5-3-7-19(21)22/h3-10,15,18H,11-14,16H2,1-2H3. The van der Waals surface area contributed by atoms with Crippen LogP contribution in [0.5, 0.6) is 0 Å². The molecule has 0 fully saturated rings. The molecule has 7 nitrogen and oxygen atoms in total. The fraction of sp³-hybridized carbons (Fsp3) is 0.276. The zero-order valence-corrected chi connectivity index (χ0v) is 20.2. The number of aryl methyl sites for hydroxylation is 2. The number of aromatic nitrogens is 2. The summed E-state index contributed by atoms with van der Waals surface area (Å²) in [6.07, 6.45) is 4.27. The number of cyclic esters (lactones) is 2. The van der Waals surface area contributed by atoms with Crippen molar-refractivity contribution in [2.24, 2.45) is 13.0 Å². The predicted octanol–water partition coefficient (Wildman–Crippen LogP) is 4.64. The molecule has 7 heteroatoms. The van der Waals surface area contributed by atoms with Gasteiger partial charge in [-0.15, -0.1) is 0 Å². The van der Waals surface area contributed by atoms with Crippen LogP contribution < -0.4 is 0 Å². The molecular formula is C29H26N2O5. The first kappa shape index (κ1) is 22.3. The van der Waals surface area contributed by atoms with Crippen molar-refractivity contribution >= 4 is 50.9 Å². The van der Waals surface area contributed by atoms with E-state index in [1.54, 1.807) is 0 Å². The molecule has 1 atom stereocenters. The molecule has 4 aromatic rings. The third kappa shape index (κ3) is 3.46. The van der Waals surface area contributed by atoms with Crippen LogP contribution in [0.2, 0.25) is 0 Å². The Bertz CT molecular complexity index is 1600. The van der Waals surface area contributed by atoms with Gasteiger partial charge in [-0.1, -0.05) is 36.4 Å². The zero-order valence-electron chi connectivity index (χ0n) is 20.2. The predicted molar refractivity (Wildman–Crippen MR) is 136 cm³/mol. The van der Waals surface area contributed by atoms with E-state index in [2.05, 4.69) is 10.6 Å². The molecule has 0 bridgehead atoms. The number of nitrogens with zero attached hydrogens (tertiary/aromatic N) is 2. The van der Waals surface area contributed by atoms with Crippen LogP contribution in [0.15, 0.2) is 54.7 Å². The van der Waals surface area contributed by atoms with Crippen molar-refractivity contribution in [2.45, 2.75) is 32.7 Å². The number of hydrogen-bond acceptors (Lipinski definition) is 5. The Labute approximate surface area is 207 Å². The monoisotopic (exact) mass is 482 g/mol. The molecule has 4 heterocycles. The lowest BCUT2D eigenvalue weighted by Gasteiger charge is -2.13. The van der Waals surface area contributed by atoms with Crippen LogP contribution in [0.4, 0.5) is 0 Å². The molecule has 2 aromatic carbocycles. The highest BCUT2D eigenvalue weighted by Crippen LogP contribution is 2.43. The maximum absolute atomic E-state index is 13.3.